The van der Waals surface area contributed by atoms with Gasteiger partial charge in [-0.25, -0.2) is 13.4 Å². The number of aromatic nitrogens is 1. The van der Waals surface area contributed by atoms with E-state index < -0.39 is 15.8 Å². The minimum atomic E-state index is -3.07. The molecule has 8 heteroatoms. The van der Waals surface area contributed by atoms with Crippen LogP contribution in [0.4, 0.5) is 5.13 Å². The molecule has 1 saturated heterocycles. The van der Waals surface area contributed by atoms with E-state index in [0.29, 0.717) is 22.9 Å². The number of sulfone groups is 1. The standard InChI is InChI=1S/C12H14N2O4S2/c15-5-2-1-3-10-7-13-12(19-10)14-11(16)9-4-6-20(17,18)8-9/h7,9,15H,2,4-6,8H2,(H,13,14,16). The zero-order chi connectivity index (χ0) is 14.6. The van der Waals surface area contributed by atoms with Crippen LogP contribution in [0, 0.1) is 17.8 Å². The molecule has 0 bridgehead atoms. The molecule has 1 aliphatic rings. The lowest BCUT2D eigenvalue weighted by Gasteiger charge is -2.05. The van der Waals surface area contributed by atoms with Crippen molar-refractivity contribution in [2.75, 3.05) is 23.4 Å². The number of thiazole rings is 1. The fraction of sp³-hybridized carbons (Fsp3) is 0.500. The van der Waals surface area contributed by atoms with Gasteiger partial charge in [0.1, 0.15) is 0 Å². The summed E-state index contributed by atoms with van der Waals surface area (Å²) in [6.07, 6.45) is 2.29. The van der Waals surface area contributed by atoms with Crippen molar-refractivity contribution in [2.24, 2.45) is 5.92 Å². The van der Waals surface area contributed by atoms with E-state index in [0.717, 1.165) is 0 Å². The fourth-order valence-corrected chi connectivity index (χ4v) is 4.24. The van der Waals surface area contributed by atoms with Crippen LogP contribution in [0.25, 0.3) is 0 Å². The van der Waals surface area contributed by atoms with Gasteiger partial charge in [-0.15, -0.1) is 0 Å². The van der Waals surface area contributed by atoms with Crippen LogP contribution in [-0.4, -0.2) is 42.5 Å². The van der Waals surface area contributed by atoms with E-state index in [9.17, 15) is 13.2 Å². The first kappa shape index (κ1) is 15.0. The largest absolute Gasteiger partial charge is 0.395 e. The lowest BCUT2D eigenvalue weighted by molar-refractivity contribution is -0.119. The SMILES string of the molecule is O=C(Nc1ncc(C#CCCO)s1)C1CCS(=O)(=O)C1. The Hall–Kier alpha value is -1.43. The number of amides is 1. The van der Waals surface area contributed by atoms with Crippen molar-refractivity contribution < 1.29 is 18.3 Å². The zero-order valence-electron chi connectivity index (χ0n) is 10.6. The summed E-state index contributed by atoms with van der Waals surface area (Å²) >= 11 is 1.22. The number of rotatable bonds is 3. The van der Waals surface area contributed by atoms with Crippen LogP contribution in [0.3, 0.4) is 0 Å². The van der Waals surface area contributed by atoms with Crippen molar-refractivity contribution >= 4 is 32.2 Å². The molecule has 1 amide bonds. The zero-order valence-corrected chi connectivity index (χ0v) is 12.3. The van der Waals surface area contributed by atoms with Gasteiger partial charge < -0.3 is 10.4 Å². The number of aliphatic hydroxyl groups is 1. The van der Waals surface area contributed by atoms with Crippen molar-refractivity contribution in [1.82, 2.24) is 4.98 Å². The molecule has 1 atom stereocenters. The number of hydrogen-bond acceptors (Lipinski definition) is 6. The Morgan fingerprint density at radius 2 is 2.40 bits per heavy atom. The minimum absolute atomic E-state index is 0.00551. The predicted molar refractivity (Wildman–Crippen MR) is 76.1 cm³/mol. The molecule has 20 heavy (non-hydrogen) atoms. The molecular formula is C12H14N2O4S2. The quantitative estimate of drug-likeness (QED) is 0.780. The highest BCUT2D eigenvalue weighted by Crippen LogP contribution is 2.22. The molecule has 0 aliphatic carbocycles. The van der Waals surface area contributed by atoms with Gasteiger partial charge in [0.15, 0.2) is 15.0 Å². The third-order valence-electron chi connectivity index (χ3n) is 2.79. The number of nitrogens with zero attached hydrogens (tertiary/aromatic N) is 1. The van der Waals surface area contributed by atoms with E-state index in [1.165, 1.54) is 17.5 Å². The van der Waals surface area contributed by atoms with Gasteiger partial charge in [0.25, 0.3) is 0 Å². The van der Waals surface area contributed by atoms with Gasteiger partial charge in [-0.3, -0.25) is 4.79 Å². The summed E-state index contributed by atoms with van der Waals surface area (Å²) in [5.74, 6) is 4.76. The summed E-state index contributed by atoms with van der Waals surface area (Å²) in [5.41, 5.74) is 0. The van der Waals surface area contributed by atoms with Crippen LogP contribution in [0.2, 0.25) is 0 Å². The molecule has 1 aromatic rings. The molecule has 108 valence electrons. The predicted octanol–water partition coefficient (Wildman–Crippen LogP) is 0.250. The molecule has 2 heterocycles. The molecule has 2 N–H and O–H groups in total. The molecule has 2 rings (SSSR count). The third kappa shape index (κ3) is 4.03. The topological polar surface area (TPSA) is 96.4 Å². The average Bonchev–Trinajstić information content (AvgIpc) is 2.96. The highest BCUT2D eigenvalue weighted by molar-refractivity contribution is 7.91. The third-order valence-corrected chi connectivity index (χ3v) is 5.38. The number of anilines is 1. The molecule has 0 radical (unpaired) electrons. The summed E-state index contributed by atoms with van der Waals surface area (Å²) in [7, 11) is -3.07. The summed E-state index contributed by atoms with van der Waals surface area (Å²) in [6.45, 7) is 0.00551. The van der Waals surface area contributed by atoms with E-state index in [1.54, 1.807) is 0 Å². The van der Waals surface area contributed by atoms with Crippen LogP contribution >= 0.6 is 11.3 Å². The lowest BCUT2D eigenvalue weighted by Crippen LogP contribution is -2.23. The first-order chi connectivity index (χ1) is 9.50. The monoisotopic (exact) mass is 314 g/mol. The number of hydrogen-bond donors (Lipinski definition) is 2. The fourth-order valence-electron chi connectivity index (χ4n) is 1.80. The first-order valence-corrected chi connectivity index (χ1v) is 8.71. The Balaban J connectivity index is 1.94. The van der Waals surface area contributed by atoms with Crippen LogP contribution in [-0.2, 0) is 14.6 Å². The van der Waals surface area contributed by atoms with E-state index >= 15 is 0 Å². The van der Waals surface area contributed by atoms with Crippen molar-refractivity contribution in [3.8, 4) is 11.8 Å². The molecule has 0 spiro atoms. The van der Waals surface area contributed by atoms with Crippen molar-refractivity contribution in [1.29, 1.82) is 0 Å². The van der Waals surface area contributed by atoms with E-state index in [4.69, 9.17) is 5.11 Å². The van der Waals surface area contributed by atoms with Crippen LogP contribution in [0.1, 0.15) is 17.7 Å². The van der Waals surface area contributed by atoms with Gasteiger partial charge in [-0.1, -0.05) is 23.2 Å². The maximum atomic E-state index is 11.9. The smallest absolute Gasteiger partial charge is 0.230 e. The molecule has 0 saturated carbocycles. The van der Waals surface area contributed by atoms with Crippen molar-refractivity contribution in [3.05, 3.63) is 11.1 Å². The number of carbonyl (C=O) groups excluding carboxylic acids is 1. The molecule has 1 aliphatic heterocycles. The van der Waals surface area contributed by atoms with Crippen LogP contribution in [0.15, 0.2) is 6.20 Å². The van der Waals surface area contributed by atoms with Crippen LogP contribution < -0.4 is 5.32 Å². The summed E-state index contributed by atoms with van der Waals surface area (Å²) < 4.78 is 22.6. The van der Waals surface area contributed by atoms with Crippen LogP contribution in [0.5, 0.6) is 0 Å². The highest BCUT2D eigenvalue weighted by Gasteiger charge is 2.33. The second kappa shape index (κ2) is 6.35. The average molecular weight is 314 g/mol. The summed E-state index contributed by atoms with van der Waals surface area (Å²) in [5, 5.41) is 11.6. The molecule has 1 aromatic heterocycles. The van der Waals surface area contributed by atoms with Gasteiger partial charge in [-0.05, 0) is 6.42 Å². The van der Waals surface area contributed by atoms with Crippen molar-refractivity contribution in [3.63, 3.8) is 0 Å². The van der Waals surface area contributed by atoms with E-state index in [-0.39, 0.29) is 24.0 Å². The summed E-state index contributed by atoms with van der Waals surface area (Å²) in [4.78, 5) is 16.6. The second-order valence-corrected chi connectivity index (χ2v) is 7.65. The Labute approximate surface area is 121 Å². The van der Waals surface area contributed by atoms with Gasteiger partial charge in [0.2, 0.25) is 5.91 Å². The lowest BCUT2D eigenvalue weighted by atomic mass is 10.1. The number of carbonyl (C=O) groups is 1. The number of aliphatic hydroxyl groups excluding tert-OH is 1. The second-order valence-electron chi connectivity index (χ2n) is 4.39. The van der Waals surface area contributed by atoms with E-state index in [1.807, 2.05) is 0 Å². The maximum absolute atomic E-state index is 11.9. The minimum Gasteiger partial charge on any atom is -0.395 e. The molecule has 6 nitrogen and oxygen atoms in total. The molecule has 0 aromatic carbocycles. The maximum Gasteiger partial charge on any atom is 0.230 e. The Morgan fingerprint density at radius 3 is 3.05 bits per heavy atom. The Bertz CT molecular complexity index is 654. The Kier molecular flexibility index (Phi) is 4.75. The molecule has 1 fully saturated rings. The first-order valence-electron chi connectivity index (χ1n) is 6.07. The molecule has 1 unspecified atom stereocenters. The normalized spacial score (nSPS) is 20.1. The molecular weight excluding hydrogens is 300 g/mol. The summed E-state index contributed by atoms with van der Waals surface area (Å²) in [6, 6.07) is 0. The van der Waals surface area contributed by atoms with Gasteiger partial charge >= 0.3 is 0 Å². The van der Waals surface area contributed by atoms with Gasteiger partial charge in [0, 0.05) is 6.42 Å². The van der Waals surface area contributed by atoms with E-state index in [2.05, 4.69) is 22.1 Å². The van der Waals surface area contributed by atoms with Crippen molar-refractivity contribution in [2.45, 2.75) is 12.8 Å². The Morgan fingerprint density at radius 1 is 1.60 bits per heavy atom. The number of nitrogens with one attached hydrogen (secondary N) is 1. The van der Waals surface area contributed by atoms with Gasteiger partial charge in [-0.2, -0.15) is 0 Å². The highest BCUT2D eigenvalue weighted by atomic mass is 32.2. The van der Waals surface area contributed by atoms with Gasteiger partial charge in [0.05, 0.1) is 35.1 Å².